The number of nitrogens with two attached hydrogens (primary N) is 1. The molecule has 2 unspecified atom stereocenters. The molecule has 302 valence electrons. The van der Waals surface area contributed by atoms with Crippen molar-refractivity contribution in [2.75, 3.05) is 26.4 Å². The second-order valence-electron chi connectivity index (χ2n) is 12.8. The standard InChI is InChI=1S/C43H72NO8P/c1-3-5-7-9-11-13-15-17-19-20-22-23-25-27-29-31-33-35-42(45)49-39-41(40-51-53(47,48)50-38-37-44)52-43(46)36-34-32-30-28-26-24-21-18-16-14-12-10-8-6-4-2/h11-14,17-19,21-23,26-29,41H,3-10,15-16,20,24-25,30-40,44H2,1-2H3,(H,47,48). The summed E-state index contributed by atoms with van der Waals surface area (Å²) in [6.45, 7) is 3.53. The van der Waals surface area contributed by atoms with Gasteiger partial charge >= 0.3 is 19.8 Å². The summed E-state index contributed by atoms with van der Waals surface area (Å²) >= 11 is 0. The van der Waals surface area contributed by atoms with Gasteiger partial charge < -0.3 is 20.1 Å². The Bertz CT molecular complexity index is 1140. The molecule has 3 N–H and O–H groups in total. The van der Waals surface area contributed by atoms with Gasteiger partial charge in [0.15, 0.2) is 6.10 Å². The summed E-state index contributed by atoms with van der Waals surface area (Å²) < 4.78 is 32.6. The highest BCUT2D eigenvalue weighted by atomic mass is 31.2. The number of carbonyl (C=O) groups excluding carboxylic acids is 2. The van der Waals surface area contributed by atoms with Crippen LogP contribution in [0.5, 0.6) is 0 Å². The number of hydrogen-bond donors (Lipinski definition) is 2. The molecule has 0 aliphatic rings. The molecule has 0 fully saturated rings. The molecule has 0 rings (SSSR count). The van der Waals surface area contributed by atoms with Gasteiger partial charge in [0.2, 0.25) is 0 Å². The lowest BCUT2D eigenvalue weighted by Gasteiger charge is -2.19. The number of ether oxygens (including phenoxy) is 2. The zero-order valence-electron chi connectivity index (χ0n) is 33.0. The lowest BCUT2D eigenvalue weighted by atomic mass is 10.1. The van der Waals surface area contributed by atoms with Crippen molar-refractivity contribution >= 4 is 19.8 Å². The number of phosphoric ester groups is 1. The second-order valence-corrected chi connectivity index (χ2v) is 14.2. The van der Waals surface area contributed by atoms with Crippen molar-refractivity contribution in [3.05, 3.63) is 85.1 Å². The Balaban J connectivity index is 4.39. The minimum Gasteiger partial charge on any atom is -0.462 e. The van der Waals surface area contributed by atoms with Gasteiger partial charge in [0.1, 0.15) is 6.61 Å². The van der Waals surface area contributed by atoms with Gasteiger partial charge in [-0.15, -0.1) is 0 Å². The van der Waals surface area contributed by atoms with Crippen LogP contribution in [-0.2, 0) is 32.7 Å². The lowest BCUT2D eigenvalue weighted by molar-refractivity contribution is -0.161. The van der Waals surface area contributed by atoms with Crippen molar-refractivity contribution < 1.29 is 37.6 Å². The molecule has 0 saturated carbocycles. The van der Waals surface area contributed by atoms with Crippen molar-refractivity contribution in [1.29, 1.82) is 0 Å². The second kappa shape index (κ2) is 38.9. The zero-order chi connectivity index (χ0) is 38.9. The van der Waals surface area contributed by atoms with E-state index in [-0.39, 0.29) is 32.6 Å². The normalized spacial score (nSPS) is 14.3. The lowest BCUT2D eigenvalue weighted by Crippen LogP contribution is -2.29. The van der Waals surface area contributed by atoms with E-state index in [4.69, 9.17) is 24.3 Å². The number of rotatable bonds is 36. The monoisotopic (exact) mass is 761 g/mol. The van der Waals surface area contributed by atoms with E-state index in [9.17, 15) is 19.0 Å². The molecule has 0 amide bonds. The maximum Gasteiger partial charge on any atom is 0.472 e. The largest absolute Gasteiger partial charge is 0.472 e. The van der Waals surface area contributed by atoms with Crippen LogP contribution in [0.4, 0.5) is 0 Å². The quantitative estimate of drug-likeness (QED) is 0.0277. The number of carbonyl (C=O) groups is 2. The summed E-state index contributed by atoms with van der Waals surface area (Å²) in [7, 11) is -4.40. The van der Waals surface area contributed by atoms with E-state index < -0.39 is 32.5 Å². The summed E-state index contributed by atoms with van der Waals surface area (Å²) in [6, 6.07) is 0. The Morgan fingerprint density at radius 1 is 0.566 bits per heavy atom. The predicted molar refractivity (Wildman–Crippen MR) is 219 cm³/mol. The molecule has 0 heterocycles. The number of hydrogen-bond acceptors (Lipinski definition) is 8. The first-order valence-electron chi connectivity index (χ1n) is 20.1. The molecule has 0 radical (unpaired) electrons. The Labute approximate surface area is 322 Å². The SMILES string of the molecule is CCCCCC=CCC=CCC=CCC=CCCCC(=O)OCC(COP(=O)(O)OCCN)OC(=O)CCCCC=CCC=CCC=CCCCCC. The van der Waals surface area contributed by atoms with Gasteiger partial charge in [-0.2, -0.15) is 0 Å². The van der Waals surface area contributed by atoms with E-state index in [2.05, 4.69) is 92.8 Å². The van der Waals surface area contributed by atoms with E-state index in [1.807, 2.05) is 6.08 Å². The Hall–Kier alpha value is -2.81. The molecule has 9 nitrogen and oxygen atoms in total. The third-order valence-corrected chi connectivity index (χ3v) is 8.74. The molecule has 0 aliphatic heterocycles. The Kier molecular flexibility index (Phi) is 36.8. The van der Waals surface area contributed by atoms with Crippen molar-refractivity contribution in [1.82, 2.24) is 0 Å². The van der Waals surface area contributed by atoms with Gasteiger partial charge in [-0.25, -0.2) is 4.57 Å². The maximum atomic E-state index is 12.5. The molecule has 0 aromatic carbocycles. The average Bonchev–Trinajstić information content (AvgIpc) is 3.14. The van der Waals surface area contributed by atoms with Gasteiger partial charge in [0, 0.05) is 19.4 Å². The van der Waals surface area contributed by atoms with E-state index in [0.717, 1.165) is 57.8 Å². The van der Waals surface area contributed by atoms with Crippen LogP contribution >= 0.6 is 7.82 Å². The van der Waals surface area contributed by atoms with Crippen molar-refractivity contribution in [2.24, 2.45) is 5.73 Å². The van der Waals surface area contributed by atoms with Crippen LogP contribution in [0.2, 0.25) is 0 Å². The van der Waals surface area contributed by atoms with Crippen LogP contribution in [0.25, 0.3) is 0 Å². The topological polar surface area (TPSA) is 134 Å². The smallest absolute Gasteiger partial charge is 0.462 e. The summed E-state index contributed by atoms with van der Waals surface area (Å²) in [5.74, 6) is -0.950. The molecule has 0 aliphatic carbocycles. The maximum absolute atomic E-state index is 12.5. The first-order valence-corrected chi connectivity index (χ1v) is 21.6. The van der Waals surface area contributed by atoms with Gasteiger partial charge in [-0.05, 0) is 89.9 Å². The highest BCUT2D eigenvalue weighted by molar-refractivity contribution is 7.47. The summed E-state index contributed by atoms with van der Waals surface area (Å²) in [5.41, 5.74) is 5.33. The van der Waals surface area contributed by atoms with Crippen molar-refractivity contribution in [2.45, 2.75) is 148 Å². The number of allylic oxidation sites excluding steroid dienone is 14. The van der Waals surface area contributed by atoms with E-state index in [0.29, 0.717) is 12.8 Å². The molecular formula is C43H72NO8P. The van der Waals surface area contributed by atoms with Crippen molar-refractivity contribution in [3.63, 3.8) is 0 Å². The molecule has 10 heteroatoms. The number of esters is 2. The summed E-state index contributed by atoms with van der Waals surface area (Å²) in [6.07, 6.45) is 47.6. The highest BCUT2D eigenvalue weighted by Crippen LogP contribution is 2.43. The predicted octanol–water partition coefficient (Wildman–Crippen LogP) is 11.3. The molecule has 0 saturated heterocycles. The summed E-state index contributed by atoms with van der Waals surface area (Å²) in [5, 5.41) is 0. The number of unbranched alkanes of at least 4 members (excludes halogenated alkanes) is 9. The fourth-order valence-electron chi connectivity index (χ4n) is 4.75. The Morgan fingerprint density at radius 3 is 1.43 bits per heavy atom. The molecular weight excluding hydrogens is 689 g/mol. The van der Waals surface area contributed by atoms with Crippen LogP contribution < -0.4 is 5.73 Å². The summed E-state index contributed by atoms with van der Waals surface area (Å²) in [4.78, 5) is 34.7. The highest BCUT2D eigenvalue weighted by Gasteiger charge is 2.25. The van der Waals surface area contributed by atoms with Crippen LogP contribution in [-0.4, -0.2) is 49.3 Å². The molecule has 0 aromatic heterocycles. The van der Waals surface area contributed by atoms with E-state index in [1.54, 1.807) is 0 Å². The zero-order valence-corrected chi connectivity index (χ0v) is 33.9. The van der Waals surface area contributed by atoms with Gasteiger partial charge in [-0.1, -0.05) is 125 Å². The first kappa shape index (κ1) is 50.2. The van der Waals surface area contributed by atoms with Crippen LogP contribution in [0, 0.1) is 0 Å². The van der Waals surface area contributed by atoms with E-state index in [1.165, 1.54) is 44.9 Å². The molecule has 2 atom stereocenters. The van der Waals surface area contributed by atoms with Crippen LogP contribution in [0.1, 0.15) is 142 Å². The van der Waals surface area contributed by atoms with Gasteiger partial charge in [0.05, 0.1) is 13.2 Å². The minimum absolute atomic E-state index is 0.0355. The van der Waals surface area contributed by atoms with Crippen LogP contribution in [0.15, 0.2) is 85.1 Å². The van der Waals surface area contributed by atoms with Gasteiger partial charge in [0.25, 0.3) is 0 Å². The molecule has 0 bridgehead atoms. The van der Waals surface area contributed by atoms with E-state index >= 15 is 0 Å². The first-order chi connectivity index (χ1) is 25.8. The van der Waals surface area contributed by atoms with Gasteiger partial charge in [-0.3, -0.25) is 18.6 Å². The average molecular weight is 762 g/mol. The van der Waals surface area contributed by atoms with Crippen LogP contribution in [0.3, 0.4) is 0 Å². The van der Waals surface area contributed by atoms with Crippen molar-refractivity contribution in [3.8, 4) is 0 Å². The third-order valence-electron chi connectivity index (χ3n) is 7.75. The molecule has 53 heavy (non-hydrogen) atoms. The fraction of sp³-hybridized carbons (Fsp3) is 0.628. The minimum atomic E-state index is -4.40. The molecule has 0 aromatic rings. The molecule has 0 spiro atoms. The fourth-order valence-corrected chi connectivity index (χ4v) is 5.51. The third kappa shape index (κ3) is 38.7. The number of phosphoric acid groups is 1. The Morgan fingerprint density at radius 2 is 0.981 bits per heavy atom.